The third-order valence-electron chi connectivity index (χ3n) is 4.09. The van der Waals surface area contributed by atoms with Crippen LogP contribution in [0.5, 0.6) is 0 Å². The van der Waals surface area contributed by atoms with Crippen LogP contribution in [0.3, 0.4) is 0 Å². The van der Waals surface area contributed by atoms with Gasteiger partial charge in [-0.15, -0.1) is 0 Å². The fourth-order valence-corrected chi connectivity index (χ4v) is 2.26. The van der Waals surface area contributed by atoms with Crippen molar-refractivity contribution in [2.45, 2.75) is 32.7 Å². The topological polar surface area (TPSA) is 24.9 Å². The van der Waals surface area contributed by atoms with Crippen LogP contribution in [0.1, 0.15) is 26.7 Å². The summed E-state index contributed by atoms with van der Waals surface area (Å²) < 4.78 is 0. The van der Waals surface area contributed by atoms with Crippen molar-refractivity contribution < 1.29 is 0 Å². The van der Waals surface area contributed by atoms with E-state index in [1.165, 1.54) is 18.2 Å². The van der Waals surface area contributed by atoms with Crippen molar-refractivity contribution in [3.8, 4) is 0 Å². The van der Waals surface area contributed by atoms with Crippen LogP contribution in [0, 0.1) is 5.41 Å². The summed E-state index contributed by atoms with van der Waals surface area (Å²) in [6.07, 6.45) is 4.52. The summed E-state index contributed by atoms with van der Waals surface area (Å²) in [6.45, 7) is 4.62. The van der Waals surface area contributed by atoms with Gasteiger partial charge in [0.2, 0.25) is 0 Å². The lowest BCUT2D eigenvalue weighted by Crippen LogP contribution is -2.25. The van der Waals surface area contributed by atoms with Crippen LogP contribution in [0.25, 0.3) is 10.9 Å². The van der Waals surface area contributed by atoms with Gasteiger partial charge in [0.25, 0.3) is 0 Å². The van der Waals surface area contributed by atoms with Crippen molar-refractivity contribution in [3.63, 3.8) is 0 Å². The first kappa shape index (κ1) is 10.6. The monoisotopic (exact) mass is 226 g/mol. The molecule has 1 heterocycles. The molecular weight excluding hydrogens is 208 g/mol. The van der Waals surface area contributed by atoms with E-state index in [9.17, 15) is 0 Å². The molecule has 0 amide bonds. The summed E-state index contributed by atoms with van der Waals surface area (Å²) in [5.41, 5.74) is 2.71. The molecule has 1 fully saturated rings. The van der Waals surface area contributed by atoms with E-state index in [1.807, 2.05) is 12.3 Å². The Morgan fingerprint density at radius 3 is 2.76 bits per heavy atom. The Balaban J connectivity index is 1.94. The molecule has 1 unspecified atom stereocenters. The molecule has 1 aliphatic rings. The molecule has 1 aromatic heterocycles. The number of benzene rings is 1. The van der Waals surface area contributed by atoms with Crippen LogP contribution in [0.4, 0.5) is 5.69 Å². The minimum atomic E-state index is 0.483. The highest BCUT2D eigenvalue weighted by Gasteiger charge is 2.42. The lowest BCUT2D eigenvalue weighted by molar-refractivity contribution is 0.493. The molecular formula is C15H18N2. The van der Waals surface area contributed by atoms with E-state index in [4.69, 9.17) is 0 Å². The van der Waals surface area contributed by atoms with Gasteiger partial charge < -0.3 is 5.32 Å². The number of aromatic nitrogens is 1. The van der Waals surface area contributed by atoms with E-state index in [1.54, 1.807) is 0 Å². The lowest BCUT2D eigenvalue weighted by Gasteiger charge is -2.22. The second-order valence-electron chi connectivity index (χ2n) is 5.40. The van der Waals surface area contributed by atoms with Gasteiger partial charge in [-0.05, 0) is 37.3 Å². The molecule has 0 saturated heterocycles. The van der Waals surface area contributed by atoms with E-state index in [0.29, 0.717) is 11.5 Å². The van der Waals surface area contributed by atoms with E-state index >= 15 is 0 Å². The highest BCUT2D eigenvalue weighted by atomic mass is 15.0. The first-order valence-electron chi connectivity index (χ1n) is 6.29. The Labute approximate surface area is 102 Å². The van der Waals surface area contributed by atoms with Gasteiger partial charge in [-0.25, -0.2) is 0 Å². The molecule has 0 spiro atoms. The molecule has 1 aromatic carbocycles. The summed E-state index contributed by atoms with van der Waals surface area (Å²) in [4.78, 5) is 4.47. The maximum absolute atomic E-state index is 4.47. The quantitative estimate of drug-likeness (QED) is 0.860. The molecule has 1 atom stereocenters. The van der Waals surface area contributed by atoms with Gasteiger partial charge in [0.15, 0.2) is 0 Å². The Morgan fingerprint density at radius 1 is 1.24 bits per heavy atom. The number of fused-ring (bicyclic) bond motifs is 1. The third-order valence-corrected chi connectivity index (χ3v) is 4.09. The second kappa shape index (κ2) is 3.73. The second-order valence-corrected chi connectivity index (χ2v) is 5.40. The van der Waals surface area contributed by atoms with E-state index in [-0.39, 0.29) is 0 Å². The van der Waals surface area contributed by atoms with Crippen LogP contribution in [0.15, 0.2) is 36.5 Å². The van der Waals surface area contributed by atoms with E-state index in [0.717, 1.165) is 11.2 Å². The maximum Gasteiger partial charge on any atom is 0.0933 e. The van der Waals surface area contributed by atoms with Crippen molar-refractivity contribution in [2.24, 2.45) is 5.41 Å². The fraction of sp³-hybridized carbons (Fsp3) is 0.400. The average molecular weight is 226 g/mol. The van der Waals surface area contributed by atoms with Gasteiger partial charge in [0.05, 0.1) is 11.2 Å². The highest BCUT2D eigenvalue weighted by Crippen LogP contribution is 2.49. The fourth-order valence-electron chi connectivity index (χ4n) is 2.26. The molecule has 2 heteroatoms. The summed E-state index contributed by atoms with van der Waals surface area (Å²) in [5, 5.41) is 4.82. The molecule has 3 rings (SSSR count). The number of hydrogen-bond donors (Lipinski definition) is 1. The number of pyridine rings is 1. The smallest absolute Gasteiger partial charge is 0.0933 e. The van der Waals surface area contributed by atoms with Gasteiger partial charge in [-0.3, -0.25) is 4.98 Å². The van der Waals surface area contributed by atoms with Crippen LogP contribution in [0.2, 0.25) is 0 Å². The molecule has 2 aromatic rings. The molecule has 0 aliphatic heterocycles. The number of anilines is 1. The van der Waals surface area contributed by atoms with Crippen LogP contribution < -0.4 is 5.32 Å². The summed E-state index contributed by atoms with van der Waals surface area (Å²) in [5.74, 6) is 0. The minimum absolute atomic E-state index is 0.483. The molecule has 2 nitrogen and oxygen atoms in total. The Hall–Kier alpha value is -1.57. The largest absolute Gasteiger partial charge is 0.380 e. The Kier molecular flexibility index (Phi) is 2.32. The van der Waals surface area contributed by atoms with Crippen molar-refractivity contribution in [3.05, 3.63) is 36.5 Å². The summed E-state index contributed by atoms with van der Waals surface area (Å²) in [6, 6.07) is 10.9. The number of hydrogen-bond acceptors (Lipinski definition) is 2. The highest BCUT2D eigenvalue weighted by molar-refractivity contribution is 5.90. The van der Waals surface area contributed by atoms with Crippen molar-refractivity contribution in [1.82, 2.24) is 4.98 Å². The lowest BCUT2D eigenvalue weighted by atomic mass is 10.0. The molecule has 1 saturated carbocycles. The first-order valence-corrected chi connectivity index (χ1v) is 6.29. The molecule has 1 N–H and O–H groups in total. The van der Waals surface area contributed by atoms with Gasteiger partial charge in [0, 0.05) is 17.6 Å². The average Bonchev–Trinajstić information content (AvgIpc) is 3.09. The molecule has 0 radical (unpaired) electrons. The van der Waals surface area contributed by atoms with Crippen molar-refractivity contribution in [2.75, 3.05) is 5.32 Å². The van der Waals surface area contributed by atoms with Gasteiger partial charge in [-0.2, -0.15) is 0 Å². The molecule has 1 aliphatic carbocycles. The zero-order valence-electron chi connectivity index (χ0n) is 10.4. The molecule has 0 bridgehead atoms. The number of nitrogens with one attached hydrogen (secondary N) is 1. The SMILES string of the molecule is CC(Nc1cccc2cccnc12)C1(C)CC1. The summed E-state index contributed by atoms with van der Waals surface area (Å²) >= 11 is 0. The van der Waals surface area contributed by atoms with Crippen molar-refractivity contribution in [1.29, 1.82) is 0 Å². The predicted molar refractivity (Wildman–Crippen MR) is 72.2 cm³/mol. The Morgan fingerprint density at radius 2 is 2.00 bits per heavy atom. The predicted octanol–water partition coefficient (Wildman–Crippen LogP) is 3.84. The van der Waals surface area contributed by atoms with Crippen LogP contribution >= 0.6 is 0 Å². The third kappa shape index (κ3) is 1.88. The maximum atomic E-state index is 4.47. The van der Waals surface area contributed by atoms with E-state index < -0.39 is 0 Å². The van der Waals surface area contributed by atoms with Gasteiger partial charge >= 0.3 is 0 Å². The zero-order chi connectivity index (χ0) is 11.9. The summed E-state index contributed by atoms with van der Waals surface area (Å²) in [7, 11) is 0. The van der Waals surface area contributed by atoms with Crippen LogP contribution in [-0.4, -0.2) is 11.0 Å². The Bertz CT molecular complexity index is 538. The first-order chi connectivity index (χ1) is 8.19. The number of nitrogens with zero attached hydrogens (tertiary/aromatic N) is 1. The standard InChI is InChI=1S/C15H18N2/c1-11(15(2)8-9-15)17-13-7-3-5-12-6-4-10-16-14(12)13/h3-7,10-11,17H,8-9H2,1-2H3. The normalized spacial score (nSPS) is 18.9. The number of rotatable bonds is 3. The van der Waals surface area contributed by atoms with E-state index in [2.05, 4.69) is 48.4 Å². The van der Waals surface area contributed by atoms with Gasteiger partial charge in [-0.1, -0.05) is 25.1 Å². The molecule has 88 valence electrons. The van der Waals surface area contributed by atoms with Crippen molar-refractivity contribution >= 4 is 16.6 Å². The van der Waals surface area contributed by atoms with Crippen LogP contribution in [-0.2, 0) is 0 Å². The number of para-hydroxylation sites is 1. The minimum Gasteiger partial charge on any atom is -0.380 e. The zero-order valence-corrected chi connectivity index (χ0v) is 10.4. The van der Waals surface area contributed by atoms with Gasteiger partial charge in [0.1, 0.15) is 0 Å². The molecule has 17 heavy (non-hydrogen) atoms.